The summed E-state index contributed by atoms with van der Waals surface area (Å²) in [5, 5.41) is 0. The largest absolute Gasteiger partial charge is 0.337 e. The minimum Gasteiger partial charge on any atom is -0.337 e. The minimum atomic E-state index is -0.461. The number of hydrogen-bond acceptors (Lipinski definition) is 1. The molecule has 274 valence electrons. The maximum Gasteiger partial charge on any atom is 0.0745 e. The highest BCUT2D eigenvalue weighted by Gasteiger charge is 2.53. The lowest BCUT2D eigenvalue weighted by Gasteiger charge is -2.36. The minimum absolute atomic E-state index is 0.110. The first-order valence-electron chi connectivity index (χ1n) is 20.4. The van der Waals surface area contributed by atoms with Crippen LogP contribution in [0.2, 0.25) is 0 Å². The lowest BCUT2D eigenvalue weighted by molar-refractivity contribution is 0.654. The van der Waals surface area contributed by atoms with Gasteiger partial charge in [-0.3, -0.25) is 0 Å². The Kier molecular flexibility index (Phi) is 7.15. The number of para-hydroxylation sites is 1. The number of fused-ring (bicyclic) bond motifs is 10. The second-order valence-corrected chi connectivity index (χ2v) is 17.2. The van der Waals surface area contributed by atoms with Crippen LogP contribution in [0.1, 0.15) is 72.2 Å². The smallest absolute Gasteiger partial charge is 0.0745 e. The monoisotopic (exact) mass is 731 g/mol. The van der Waals surface area contributed by atoms with Gasteiger partial charge in [-0.2, -0.15) is 0 Å². The second kappa shape index (κ2) is 12.0. The summed E-state index contributed by atoms with van der Waals surface area (Å²) >= 11 is 0. The Morgan fingerprint density at radius 1 is 0.474 bits per heavy atom. The van der Waals surface area contributed by atoms with E-state index in [0.717, 1.165) is 0 Å². The van der Waals surface area contributed by atoms with Gasteiger partial charge in [-0.05, 0) is 107 Å². The lowest BCUT2D eigenvalue weighted by Crippen LogP contribution is -2.30. The molecule has 7 aromatic carbocycles. The molecule has 0 spiro atoms. The molecule has 0 saturated carbocycles. The van der Waals surface area contributed by atoms with Gasteiger partial charge in [-0.25, -0.2) is 0 Å². The zero-order chi connectivity index (χ0) is 38.7. The van der Waals surface area contributed by atoms with E-state index in [9.17, 15) is 0 Å². The Labute approximate surface area is 337 Å². The quantitative estimate of drug-likeness (QED) is 0.158. The predicted octanol–water partition coefficient (Wildman–Crippen LogP) is 14.0. The first-order chi connectivity index (χ1) is 27.8. The van der Waals surface area contributed by atoms with Gasteiger partial charge < -0.3 is 4.90 Å². The summed E-state index contributed by atoms with van der Waals surface area (Å²) < 4.78 is 0. The van der Waals surface area contributed by atoms with Gasteiger partial charge in [-0.1, -0.05) is 192 Å². The van der Waals surface area contributed by atoms with Crippen LogP contribution in [0.25, 0.3) is 39.0 Å². The van der Waals surface area contributed by atoms with Gasteiger partial charge in [0, 0.05) is 28.7 Å². The molecule has 0 heterocycles. The van der Waals surface area contributed by atoms with Crippen LogP contribution in [0.15, 0.2) is 188 Å². The van der Waals surface area contributed by atoms with Crippen molar-refractivity contribution in [3.63, 3.8) is 0 Å². The van der Waals surface area contributed by atoms with E-state index in [1.54, 1.807) is 0 Å². The second-order valence-electron chi connectivity index (χ2n) is 17.2. The van der Waals surface area contributed by atoms with Crippen LogP contribution in [-0.2, 0) is 16.2 Å². The van der Waals surface area contributed by atoms with Crippen LogP contribution in [0, 0.1) is 0 Å². The van der Waals surface area contributed by atoms with Crippen molar-refractivity contribution >= 4 is 16.9 Å². The van der Waals surface area contributed by atoms with Crippen LogP contribution in [0.3, 0.4) is 0 Å². The highest BCUT2D eigenvalue weighted by molar-refractivity contribution is 6.00. The molecule has 0 bridgehead atoms. The molecule has 0 fully saturated rings. The number of benzene rings is 7. The molecule has 0 N–H and O–H groups in total. The van der Waals surface area contributed by atoms with Crippen molar-refractivity contribution in [3.05, 3.63) is 233 Å². The Balaban J connectivity index is 1.14. The zero-order valence-electron chi connectivity index (χ0n) is 33.1. The van der Waals surface area contributed by atoms with Crippen molar-refractivity contribution in [3.8, 4) is 33.4 Å². The Bertz CT molecular complexity index is 2850. The van der Waals surface area contributed by atoms with Gasteiger partial charge in [0.05, 0.1) is 5.41 Å². The summed E-state index contributed by atoms with van der Waals surface area (Å²) in [4.78, 5) is 2.57. The maximum absolute atomic E-state index is 4.30. The van der Waals surface area contributed by atoms with Gasteiger partial charge in [-0.15, -0.1) is 0 Å². The average Bonchev–Trinajstić information content (AvgIpc) is 3.87. The molecule has 1 heteroatoms. The Hall–Kier alpha value is -6.44. The first kappa shape index (κ1) is 33.9. The van der Waals surface area contributed by atoms with E-state index in [0.29, 0.717) is 6.54 Å². The van der Waals surface area contributed by atoms with Crippen molar-refractivity contribution in [2.24, 2.45) is 0 Å². The molecule has 0 unspecified atom stereocenters. The Morgan fingerprint density at radius 3 is 1.60 bits per heavy atom. The standard InChI is InChI=1S/C56H45N/c1-6-45-37(38-19-7-11-26-46(38)54(45,2)3)25-18-34-57(36-32-33-42-39-20-8-12-27-47(39)55(4,5)51(42)35-36)52-31-16-15-30-50(52)56-48-28-13-9-21-40(48)43-23-17-24-44(53(43)56)41-22-10-14-29-49(41)56/h6-33,35H,1,34H2,2-5H3/b25-18-. The normalized spacial score (nSPS) is 16.5. The van der Waals surface area contributed by atoms with E-state index in [4.69, 9.17) is 0 Å². The third-order valence-electron chi connectivity index (χ3n) is 13.8. The van der Waals surface area contributed by atoms with E-state index in [1.807, 2.05) is 0 Å². The van der Waals surface area contributed by atoms with Crippen molar-refractivity contribution in [1.82, 2.24) is 0 Å². The van der Waals surface area contributed by atoms with E-state index in [-0.39, 0.29) is 10.8 Å². The number of anilines is 2. The highest BCUT2D eigenvalue weighted by atomic mass is 15.1. The molecule has 0 aromatic heterocycles. The van der Waals surface area contributed by atoms with Crippen LogP contribution in [0.5, 0.6) is 0 Å². The molecule has 4 aliphatic carbocycles. The molecule has 0 amide bonds. The van der Waals surface area contributed by atoms with E-state index < -0.39 is 5.41 Å². The predicted molar refractivity (Wildman–Crippen MR) is 239 cm³/mol. The summed E-state index contributed by atoms with van der Waals surface area (Å²) in [5.41, 5.74) is 23.1. The van der Waals surface area contributed by atoms with Crippen LogP contribution in [-0.4, -0.2) is 6.54 Å². The fourth-order valence-electron chi connectivity index (χ4n) is 11.3. The van der Waals surface area contributed by atoms with Crippen LogP contribution < -0.4 is 4.90 Å². The summed E-state index contributed by atoms with van der Waals surface area (Å²) in [7, 11) is 0. The van der Waals surface area contributed by atoms with Gasteiger partial charge in [0.2, 0.25) is 0 Å². The number of allylic oxidation sites excluding steroid dienone is 4. The van der Waals surface area contributed by atoms with Gasteiger partial charge in [0.1, 0.15) is 0 Å². The molecular weight excluding hydrogens is 687 g/mol. The van der Waals surface area contributed by atoms with Crippen molar-refractivity contribution in [2.75, 3.05) is 11.4 Å². The van der Waals surface area contributed by atoms with Crippen LogP contribution >= 0.6 is 0 Å². The number of rotatable bonds is 7. The van der Waals surface area contributed by atoms with Gasteiger partial charge in [0.15, 0.2) is 0 Å². The average molecular weight is 732 g/mol. The molecule has 11 rings (SSSR count). The summed E-state index contributed by atoms with van der Waals surface area (Å²) in [6, 6.07) is 59.4. The molecule has 0 atom stereocenters. The molecule has 57 heavy (non-hydrogen) atoms. The lowest BCUT2D eigenvalue weighted by atomic mass is 9.69. The Morgan fingerprint density at radius 2 is 0.965 bits per heavy atom. The van der Waals surface area contributed by atoms with Crippen molar-refractivity contribution < 1.29 is 0 Å². The van der Waals surface area contributed by atoms with Crippen molar-refractivity contribution in [2.45, 2.75) is 43.9 Å². The summed E-state index contributed by atoms with van der Waals surface area (Å²) in [6.45, 7) is 14.4. The molecule has 0 aliphatic heterocycles. The topological polar surface area (TPSA) is 3.24 Å². The first-order valence-corrected chi connectivity index (χ1v) is 20.4. The van der Waals surface area contributed by atoms with Crippen LogP contribution in [0.4, 0.5) is 11.4 Å². The fourth-order valence-corrected chi connectivity index (χ4v) is 11.3. The fraction of sp³-hybridized carbons (Fsp3) is 0.143. The molecule has 4 aliphatic rings. The van der Waals surface area contributed by atoms with Gasteiger partial charge >= 0.3 is 0 Å². The zero-order valence-corrected chi connectivity index (χ0v) is 33.1. The molecular formula is C56H45N. The van der Waals surface area contributed by atoms with Gasteiger partial charge in [0.25, 0.3) is 0 Å². The van der Waals surface area contributed by atoms with E-state index in [2.05, 4.69) is 215 Å². The third-order valence-corrected chi connectivity index (χ3v) is 13.8. The molecule has 1 nitrogen and oxygen atoms in total. The highest BCUT2D eigenvalue weighted by Crippen LogP contribution is 2.65. The third kappa shape index (κ3) is 4.40. The number of hydrogen-bond donors (Lipinski definition) is 0. The van der Waals surface area contributed by atoms with E-state index in [1.165, 1.54) is 100 Å². The molecule has 0 saturated heterocycles. The van der Waals surface area contributed by atoms with Crippen molar-refractivity contribution in [1.29, 1.82) is 0 Å². The SMILES string of the molecule is C=CC1=C(/C=C\CN(c2ccc3c(c2)C(C)(C)c2ccccc2-3)c2ccccc2C23c4ccccc4-c4cccc(c42)-c2ccccc23)c2ccccc2C1(C)C. The maximum atomic E-state index is 4.30. The summed E-state index contributed by atoms with van der Waals surface area (Å²) in [5.74, 6) is 0. The molecule has 7 aromatic rings. The van der Waals surface area contributed by atoms with E-state index >= 15 is 0 Å². The number of nitrogens with zero attached hydrogens (tertiary/aromatic N) is 1. The molecule has 0 radical (unpaired) electrons. The summed E-state index contributed by atoms with van der Waals surface area (Å²) in [6.07, 6.45) is 6.80.